The van der Waals surface area contributed by atoms with Gasteiger partial charge in [-0.25, -0.2) is 9.97 Å². The average Bonchev–Trinajstić information content (AvgIpc) is 3.62. The fourth-order valence-electron chi connectivity index (χ4n) is 2.85. The van der Waals surface area contributed by atoms with Gasteiger partial charge in [0.1, 0.15) is 30.7 Å². The quantitative estimate of drug-likeness (QED) is 0.595. The number of hydrogen-bond donors (Lipinski definition) is 0. The Labute approximate surface area is 159 Å². The zero-order valence-corrected chi connectivity index (χ0v) is 15.9. The Morgan fingerprint density at radius 1 is 1.07 bits per heavy atom. The molecule has 3 heterocycles. The van der Waals surface area contributed by atoms with Crippen molar-refractivity contribution in [2.75, 3.05) is 19.8 Å². The van der Waals surface area contributed by atoms with Crippen molar-refractivity contribution in [1.29, 1.82) is 0 Å². The molecule has 3 atom stereocenters. The Hall–Kier alpha value is -2.18. The van der Waals surface area contributed by atoms with E-state index in [0.29, 0.717) is 30.9 Å². The molecule has 27 heavy (non-hydrogen) atoms. The van der Waals surface area contributed by atoms with Crippen LogP contribution in [0.25, 0.3) is 11.4 Å². The lowest BCUT2D eigenvalue weighted by Crippen LogP contribution is -2.17. The van der Waals surface area contributed by atoms with Crippen LogP contribution in [0.4, 0.5) is 0 Å². The molecule has 144 valence electrons. The highest BCUT2D eigenvalue weighted by molar-refractivity contribution is 5.56. The molecule has 2 saturated heterocycles. The Morgan fingerprint density at radius 3 is 2.48 bits per heavy atom. The Kier molecular flexibility index (Phi) is 5.27. The maximum atomic E-state index is 5.82. The first-order chi connectivity index (χ1) is 13.1. The summed E-state index contributed by atoms with van der Waals surface area (Å²) in [6, 6.07) is 7.81. The normalized spacial score (nSPS) is 25.9. The summed E-state index contributed by atoms with van der Waals surface area (Å²) in [4.78, 5) is 8.77. The van der Waals surface area contributed by atoms with Gasteiger partial charge in [0.2, 0.25) is 0 Å². The number of benzene rings is 1. The molecule has 1 aromatic carbocycles. The second-order valence-electron chi connectivity index (χ2n) is 7.46. The second kappa shape index (κ2) is 7.82. The first kappa shape index (κ1) is 18.2. The predicted molar refractivity (Wildman–Crippen MR) is 101 cm³/mol. The van der Waals surface area contributed by atoms with Crippen LogP contribution < -0.4 is 9.47 Å². The molecule has 6 heteroatoms. The molecule has 0 amide bonds. The van der Waals surface area contributed by atoms with Gasteiger partial charge in [0.15, 0.2) is 11.6 Å². The van der Waals surface area contributed by atoms with Crippen molar-refractivity contribution in [2.24, 2.45) is 0 Å². The molecule has 0 unspecified atom stereocenters. The number of unbranched alkanes of at least 4 members (excludes halogenated alkanes) is 1. The maximum absolute atomic E-state index is 5.82. The second-order valence-corrected chi connectivity index (χ2v) is 7.46. The Bertz CT molecular complexity index is 744. The van der Waals surface area contributed by atoms with Crippen molar-refractivity contribution in [1.82, 2.24) is 9.97 Å². The van der Waals surface area contributed by atoms with E-state index in [1.54, 1.807) is 12.4 Å². The third kappa shape index (κ3) is 4.96. The van der Waals surface area contributed by atoms with Crippen molar-refractivity contribution < 1.29 is 18.9 Å². The van der Waals surface area contributed by atoms with E-state index in [-0.39, 0.29) is 11.7 Å². The highest BCUT2D eigenvalue weighted by atomic mass is 16.6. The molecule has 0 N–H and O–H groups in total. The van der Waals surface area contributed by atoms with Gasteiger partial charge in [-0.15, -0.1) is 0 Å². The minimum atomic E-state index is -0.143. The molecule has 2 aromatic rings. The minimum Gasteiger partial charge on any atom is -0.491 e. The lowest BCUT2D eigenvalue weighted by molar-refractivity contribution is 0.201. The van der Waals surface area contributed by atoms with Crippen molar-refractivity contribution in [3.05, 3.63) is 36.7 Å². The summed E-state index contributed by atoms with van der Waals surface area (Å²) < 4.78 is 22.4. The van der Waals surface area contributed by atoms with Crippen molar-refractivity contribution in [3.63, 3.8) is 0 Å². The summed E-state index contributed by atoms with van der Waals surface area (Å²) in [5.41, 5.74) is 0.797. The van der Waals surface area contributed by atoms with Gasteiger partial charge >= 0.3 is 0 Å². The first-order valence-corrected chi connectivity index (χ1v) is 9.63. The minimum absolute atomic E-state index is 0.143. The van der Waals surface area contributed by atoms with Gasteiger partial charge in [0.05, 0.1) is 25.1 Å². The molecular formula is C21H26N2O4. The largest absolute Gasteiger partial charge is 0.491 e. The molecule has 4 rings (SSSR count). The van der Waals surface area contributed by atoms with Crippen molar-refractivity contribution in [3.8, 4) is 22.9 Å². The van der Waals surface area contributed by atoms with Crippen LogP contribution in [0.1, 0.15) is 33.1 Å². The molecule has 0 saturated carbocycles. The number of epoxide rings is 2. The molecule has 0 aliphatic carbocycles. The van der Waals surface area contributed by atoms with Crippen LogP contribution in [0, 0.1) is 0 Å². The van der Waals surface area contributed by atoms with Gasteiger partial charge in [-0.1, -0.05) is 19.8 Å². The fraction of sp³-hybridized carbons (Fsp3) is 0.524. The lowest BCUT2D eigenvalue weighted by atomic mass is 10.1. The van der Waals surface area contributed by atoms with Crippen LogP contribution in [0.2, 0.25) is 0 Å². The van der Waals surface area contributed by atoms with Gasteiger partial charge in [-0.05, 0) is 37.6 Å². The van der Waals surface area contributed by atoms with Crippen LogP contribution in [0.5, 0.6) is 11.5 Å². The molecule has 0 spiro atoms. The van der Waals surface area contributed by atoms with Crippen LogP contribution in [0.3, 0.4) is 0 Å². The van der Waals surface area contributed by atoms with E-state index in [1.807, 2.05) is 31.2 Å². The summed E-state index contributed by atoms with van der Waals surface area (Å²) in [7, 11) is 0. The number of ether oxygens (including phenoxy) is 4. The summed E-state index contributed by atoms with van der Waals surface area (Å²) in [6.45, 7) is 6.09. The molecule has 0 bridgehead atoms. The third-order valence-electron chi connectivity index (χ3n) is 4.87. The zero-order valence-electron chi connectivity index (χ0n) is 15.9. The Morgan fingerprint density at radius 2 is 1.81 bits per heavy atom. The van der Waals surface area contributed by atoms with E-state index in [0.717, 1.165) is 24.3 Å². The molecule has 0 radical (unpaired) electrons. The first-order valence-electron chi connectivity index (χ1n) is 9.63. The fourth-order valence-corrected chi connectivity index (χ4v) is 2.85. The van der Waals surface area contributed by atoms with E-state index >= 15 is 0 Å². The van der Waals surface area contributed by atoms with E-state index in [1.165, 1.54) is 12.8 Å². The average molecular weight is 370 g/mol. The van der Waals surface area contributed by atoms with Crippen LogP contribution in [-0.2, 0) is 9.47 Å². The predicted octanol–water partition coefficient (Wildman–Crippen LogP) is 3.65. The monoisotopic (exact) mass is 370 g/mol. The van der Waals surface area contributed by atoms with Gasteiger partial charge in [0, 0.05) is 5.56 Å². The lowest BCUT2D eigenvalue weighted by Gasteiger charge is -2.09. The molecular weight excluding hydrogens is 344 g/mol. The van der Waals surface area contributed by atoms with E-state index in [4.69, 9.17) is 18.9 Å². The van der Waals surface area contributed by atoms with Crippen molar-refractivity contribution in [2.45, 2.75) is 50.9 Å². The van der Waals surface area contributed by atoms with E-state index < -0.39 is 0 Å². The van der Waals surface area contributed by atoms with Gasteiger partial charge in [-0.2, -0.15) is 0 Å². The number of hydrogen-bond acceptors (Lipinski definition) is 6. The molecule has 2 aliphatic rings. The van der Waals surface area contributed by atoms with E-state index in [9.17, 15) is 0 Å². The van der Waals surface area contributed by atoms with Gasteiger partial charge in [-0.3, -0.25) is 0 Å². The summed E-state index contributed by atoms with van der Waals surface area (Å²) in [6.07, 6.45) is 7.57. The van der Waals surface area contributed by atoms with Crippen LogP contribution >= 0.6 is 0 Å². The third-order valence-corrected chi connectivity index (χ3v) is 4.87. The molecule has 6 nitrogen and oxygen atoms in total. The maximum Gasteiger partial charge on any atom is 0.159 e. The van der Waals surface area contributed by atoms with Crippen LogP contribution in [0.15, 0.2) is 36.7 Å². The highest BCUT2D eigenvalue weighted by Crippen LogP contribution is 2.29. The number of aromatic nitrogens is 2. The van der Waals surface area contributed by atoms with Crippen LogP contribution in [-0.4, -0.2) is 47.6 Å². The van der Waals surface area contributed by atoms with Gasteiger partial charge in [0.25, 0.3) is 0 Å². The number of nitrogens with zero attached hydrogens (tertiary/aromatic N) is 2. The number of rotatable bonds is 10. The molecule has 2 fully saturated rings. The smallest absolute Gasteiger partial charge is 0.159 e. The summed E-state index contributed by atoms with van der Waals surface area (Å²) in [5, 5.41) is 0. The zero-order chi connectivity index (χ0) is 18.7. The SMILES string of the molecule is CCCC[C@@H]1O[C@H]1COc1ccc(-c2ncc(OC[C@]3(C)CO3)cn2)cc1. The van der Waals surface area contributed by atoms with Crippen molar-refractivity contribution >= 4 is 0 Å². The topological polar surface area (TPSA) is 69.3 Å². The molecule has 1 aromatic heterocycles. The Balaban J connectivity index is 1.26. The van der Waals surface area contributed by atoms with Gasteiger partial charge < -0.3 is 18.9 Å². The highest BCUT2D eigenvalue weighted by Gasteiger charge is 2.40. The summed E-state index contributed by atoms with van der Waals surface area (Å²) >= 11 is 0. The standard InChI is InChI=1S/C21H26N2O4/c1-3-4-5-18-19(27-18)12-24-16-8-6-15(7-9-16)20-22-10-17(11-23-20)25-13-21(2)14-26-21/h6-11,18-19H,3-5,12-14H2,1-2H3/t18-,19-,21+/m0/s1. The summed E-state index contributed by atoms with van der Waals surface area (Å²) in [5.74, 6) is 2.14. The van der Waals surface area contributed by atoms with E-state index in [2.05, 4.69) is 16.9 Å². The molecule has 2 aliphatic heterocycles.